The van der Waals surface area contributed by atoms with Crippen LogP contribution in [0.15, 0.2) is 36.4 Å². The third-order valence-electron chi connectivity index (χ3n) is 3.72. The molecule has 1 heterocycles. The normalized spacial score (nSPS) is 13.7. The van der Waals surface area contributed by atoms with E-state index in [4.69, 9.17) is 11.0 Å². The van der Waals surface area contributed by atoms with Gasteiger partial charge in [0, 0.05) is 18.8 Å². The minimum atomic E-state index is -0.351. The van der Waals surface area contributed by atoms with Crippen molar-refractivity contribution in [3.63, 3.8) is 0 Å². The summed E-state index contributed by atoms with van der Waals surface area (Å²) in [6.45, 7) is 1.37. The van der Waals surface area contributed by atoms with E-state index in [0.717, 1.165) is 29.8 Å². The second-order valence-electron chi connectivity index (χ2n) is 4.93. The second-order valence-corrected chi connectivity index (χ2v) is 4.93. The topological polar surface area (TPSA) is 53.0 Å². The van der Waals surface area contributed by atoms with Gasteiger partial charge in [-0.3, -0.25) is 0 Å². The molecule has 0 atom stereocenters. The maximum atomic E-state index is 14.1. The van der Waals surface area contributed by atoms with E-state index >= 15 is 0 Å². The Balaban J connectivity index is 1.93. The molecule has 0 radical (unpaired) electrons. The summed E-state index contributed by atoms with van der Waals surface area (Å²) in [5.74, 6) is -0.351. The highest BCUT2D eigenvalue weighted by Crippen LogP contribution is 2.29. The first-order valence-electron chi connectivity index (χ1n) is 6.50. The molecule has 0 saturated carbocycles. The average Bonchev–Trinajstić information content (AvgIpc) is 2.47. The Morgan fingerprint density at radius 3 is 2.85 bits per heavy atom. The van der Waals surface area contributed by atoms with Gasteiger partial charge >= 0.3 is 0 Å². The summed E-state index contributed by atoms with van der Waals surface area (Å²) in [6.07, 6.45) is 0.807. The lowest BCUT2D eigenvalue weighted by atomic mass is 9.97. The van der Waals surface area contributed by atoms with Gasteiger partial charge in [-0.05, 0) is 41.8 Å². The van der Waals surface area contributed by atoms with Gasteiger partial charge < -0.3 is 10.6 Å². The van der Waals surface area contributed by atoms with Crippen molar-refractivity contribution < 1.29 is 4.39 Å². The van der Waals surface area contributed by atoms with Gasteiger partial charge in [-0.1, -0.05) is 12.1 Å². The third kappa shape index (κ3) is 2.08. The molecular formula is C16H14FN3. The summed E-state index contributed by atoms with van der Waals surface area (Å²) >= 11 is 0. The average molecular weight is 267 g/mol. The highest BCUT2D eigenvalue weighted by molar-refractivity contribution is 5.57. The second kappa shape index (κ2) is 4.86. The van der Waals surface area contributed by atoms with Crippen molar-refractivity contribution >= 4 is 11.4 Å². The standard InChI is InChI=1S/C16H14FN3/c17-14-8-11(9-18)4-5-16(14)20-7-6-13-12(10-20)2-1-3-15(13)19/h1-5,8H,6-7,10,19H2. The van der Waals surface area contributed by atoms with Crippen molar-refractivity contribution in [2.45, 2.75) is 13.0 Å². The number of nitrogens with two attached hydrogens (primary N) is 1. The van der Waals surface area contributed by atoms with Crippen LogP contribution in [0.5, 0.6) is 0 Å². The molecule has 1 aliphatic heterocycles. The maximum absolute atomic E-state index is 14.1. The zero-order chi connectivity index (χ0) is 14.1. The van der Waals surface area contributed by atoms with E-state index in [1.165, 1.54) is 6.07 Å². The molecule has 20 heavy (non-hydrogen) atoms. The van der Waals surface area contributed by atoms with Crippen LogP contribution >= 0.6 is 0 Å². The monoisotopic (exact) mass is 267 g/mol. The Morgan fingerprint density at radius 2 is 2.10 bits per heavy atom. The Labute approximate surface area is 117 Å². The quantitative estimate of drug-likeness (QED) is 0.808. The third-order valence-corrected chi connectivity index (χ3v) is 3.72. The molecule has 0 aromatic heterocycles. The van der Waals surface area contributed by atoms with E-state index in [-0.39, 0.29) is 5.82 Å². The molecule has 0 bridgehead atoms. The van der Waals surface area contributed by atoms with Crippen LogP contribution in [0.3, 0.4) is 0 Å². The van der Waals surface area contributed by atoms with Gasteiger partial charge in [-0.15, -0.1) is 0 Å². The fourth-order valence-electron chi connectivity index (χ4n) is 2.68. The highest BCUT2D eigenvalue weighted by atomic mass is 19.1. The van der Waals surface area contributed by atoms with Crippen LogP contribution in [0, 0.1) is 17.1 Å². The van der Waals surface area contributed by atoms with E-state index in [2.05, 4.69) is 0 Å². The van der Waals surface area contributed by atoms with Crippen LogP contribution in [0.2, 0.25) is 0 Å². The molecule has 0 aliphatic carbocycles. The Morgan fingerprint density at radius 1 is 1.25 bits per heavy atom. The Kier molecular flexibility index (Phi) is 3.03. The van der Waals surface area contributed by atoms with Crippen molar-refractivity contribution in [3.8, 4) is 6.07 Å². The number of nitrogens with zero attached hydrogens (tertiary/aromatic N) is 2. The van der Waals surface area contributed by atoms with E-state index in [1.807, 2.05) is 29.2 Å². The lowest BCUT2D eigenvalue weighted by molar-refractivity contribution is 0.610. The summed E-state index contributed by atoms with van der Waals surface area (Å²) < 4.78 is 14.1. The summed E-state index contributed by atoms with van der Waals surface area (Å²) in [4.78, 5) is 1.98. The zero-order valence-electron chi connectivity index (χ0n) is 10.9. The molecule has 3 rings (SSSR count). The zero-order valence-corrected chi connectivity index (χ0v) is 10.9. The van der Waals surface area contributed by atoms with Crippen molar-refractivity contribution in [2.24, 2.45) is 0 Å². The summed E-state index contributed by atoms with van der Waals surface area (Å²) in [6, 6.07) is 12.4. The number of nitrogen functional groups attached to an aromatic ring is 1. The van der Waals surface area contributed by atoms with Gasteiger partial charge in [-0.25, -0.2) is 4.39 Å². The molecule has 2 N–H and O–H groups in total. The Bertz CT molecular complexity index is 703. The molecule has 2 aromatic rings. The van der Waals surface area contributed by atoms with Crippen molar-refractivity contribution in [1.82, 2.24) is 0 Å². The van der Waals surface area contributed by atoms with Crippen molar-refractivity contribution in [1.29, 1.82) is 5.26 Å². The first-order valence-corrected chi connectivity index (χ1v) is 6.50. The van der Waals surface area contributed by atoms with Crippen LogP contribution in [-0.4, -0.2) is 6.54 Å². The Hall–Kier alpha value is -2.54. The minimum Gasteiger partial charge on any atom is -0.398 e. The molecular weight excluding hydrogens is 253 g/mol. The summed E-state index contributed by atoms with van der Waals surface area (Å²) in [7, 11) is 0. The molecule has 100 valence electrons. The number of nitriles is 1. The van der Waals surface area contributed by atoms with Gasteiger partial charge in [-0.2, -0.15) is 5.26 Å². The molecule has 3 nitrogen and oxygen atoms in total. The lowest BCUT2D eigenvalue weighted by Gasteiger charge is -2.31. The number of hydrogen-bond acceptors (Lipinski definition) is 3. The first-order chi connectivity index (χ1) is 9.69. The fourth-order valence-corrected chi connectivity index (χ4v) is 2.68. The number of halogens is 1. The largest absolute Gasteiger partial charge is 0.398 e. The van der Waals surface area contributed by atoms with E-state index in [0.29, 0.717) is 17.8 Å². The van der Waals surface area contributed by atoms with Gasteiger partial charge in [0.25, 0.3) is 0 Å². The number of fused-ring (bicyclic) bond motifs is 1. The van der Waals surface area contributed by atoms with Gasteiger partial charge in [0.05, 0.1) is 17.3 Å². The summed E-state index contributed by atoms with van der Waals surface area (Å²) in [5, 5.41) is 8.78. The van der Waals surface area contributed by atoms with Crippen LogP contribution in [0.25, 0.3) is 0 Å². The van der Waals surface area contributed by atoms with E-state index in [9.17, 15) is 4.39 Å². The number of hydrogen-bond donors (Lipinski definition) is 1. The smallest absolute Gasteiger partial charge is 0.147 e. The lowest BCUT2D eigenvalue weighted by Crippen LogP contribution is -2.31. The molecule has 0 fully saturated rings. The first kappa shape index (κ1) is 12.5. The van der Waals surface area contributed by atoms with Gasteiger partial charge in [0.1, 0.15) is 5.82 Å². The number of anilines is 2. The minimum absolute atomic E-state index is 0.341. The summed E-state index contributed by atoms with van der Waals surface area (Å²) in [5.41, 5.74) is 9.96. The fraction of sp³-hybridized carbons (Fsp3) is 0.188. The van der Waals surface area contributed by atoms with E-state index in [1.54, 1.807) is 12.1 Å². The number of rotatable bonds is 1. The molecule has 2 aromatic carbocycles. The molecule has 4 heteroatoms. The SMILES string of the molecule is N#Cc1ccc(N2CCc3c(N)cccc3C2)c(F)c1. The van der Waals surface area contributed by atoms with Crippen LogP contribution in [0.4, 0.5) is 15.8 Å². The highest BCUT2D eigenvalue weighted by Gasteiger charge is 2.20. The van der Waals surface area contributed by atoms with Crippen LogP contribution < -0.4 is 10.6 Å². The van der Waals surface area contributed by atoms with Crippen molar-refractivity contribution in [2.75, 3.05) is 17.2 Å². The van der Waals surface area contributed by atoms with Crippen LogP contribution in [0.1, 0.15) is 16.7 Å². The molecule has 0 spiro atoms. The predicted octanol–water partition coefficient (Wildman–Crippen LogP) is 2.84. The number of benzene rings is 2. The van der Waals surface area contributed by atoms with Gasteiger partial charge in [0.2, 0.25) is 0 Å². The molecule has 0 unspecified atom stereocenters. The molecule has 0 amide bonds. The van der Waals surface area contributed by atoms with E-state index < -0.39 is 0 Å². The van der Waals surface area contributed by atoms with Crippen LogP contribution in [-0.2, 0) is 13.0 Å². The molecule has 1 aliphatic rings. The van der Waals surface area contributed by atoms with Crippen molar-refractivity contribution in [3.05, 3.63) is 58.9 Å². The molecule has 0 saturated heterocycles. The van der Waals surface area contributed by atoms with Gasteiger partial charge in [0.15, 0.2) is 0 Å². The predicted molar refractivity (Wildman–Crippen MR) is 76.7 cm³/mol. The maximum Gasteiger partial charge on any atom is 0.147 e.